The van der Waals surface area contributed by atoms with E-state index in [9.17, 15) is 5.11 Å². The molecule has 2 heteroatoms. The van der Waals surface area contributed by atoms with E-state index >= 15 is 0 Å². The molecule has 0 bridgehead atoms. The lowest BCUT2D eigenvalue weighted by molar-refractivity contribution is 0.281. The Morgan fingerprint density at radius 3 is 2.23 bits per heavy atom. The van der Waals surface area contributed by atoms with E-state index < -0.39 is 0 Å². The zero-order valence-electron chi connectivity index (χ0n) is 16.6. The first-order chi connectivity index (χ1) is 12.2. The fourth-order valence-electron chi connectivity index (χ4n) is 4.70. The second kappa shape index (κ2) is 5.87. The summed E-state index contributed by atoms with van der Waals surface area (Å²) in [5.41, 5.74) is 7.37. The zero-order chi connectivity index (χ0) is 18.7. The summed E-state index contributed by atoms with van der Waals surface area (Å²) in [6.07, 6.45) is 2.50. The third-order valence-electron chi connectivity index (χ3n) is 6.83. The van der Waals surface area contributed by atoms with Gasteiger partial charge in [-0.2, -0.15) is 0 Å². The van der Waals surface area contributed by atoms with E-state index in [1.165, 1.54) is 40.0 Å². The molecular formula is C24H30OS. The van der Waals surface area contributed by atoms with Crippen molar-refractivity contribution in [3.05, 3.63) is 64.2 Å². The second-order valence-corrected chi connectivity index (χ2v) is 10.7. The standard InChI is InChI=1S/C24H30OS/c1-22(2)10-11-23(3,4)19-13-17(7-8-18(19)22)24(5)15-26-21-9-6-16(14-25)12-20(21)24/h6-9,12-13,25H,10-11,14-15H2,1-5H3. The van der Waals surface area contributed by atoms with Crippen molar-refractivity contribution in [3.63, 3.8) is 0 Å². The lowest BCUT2D eigenvalue weighted by Crippen LogP contribution is -2.35. The summed E-state index contributed by atoms with van der Waals surface area (Å²) in [5.74, 6) is 1.07. The van der Waals surface area contributed by atoms with Crippen LogP contribution in [0.4, 0.5) is 0 Å². The number of fused-ring (bicyclic) bond motifs is 2. The highest BCUT2D eigenvalue weighted by atomic mass is 32.2. The molecule has 2 aliphatic rings. The summed E-state index contributed by atoms with van der Waals surface area (Å²) < 4.78 is 0. The molecule has 0 saturated heterocycles. The van der Waals surface area contributed by atoms with E-state index in [4.69, 9.17) is 0 Å². The molecule has 1 heterocycles. The first-order valence-electron chi connectivity index (χ1n) is 9.70. The monoisotopic (exact) mass is 366 g/mol. The lowest BCUT2D eigenvalue weighted by atomic mass is 9.62. The summed E-state index contributed by atoms with van der Waals surface area (Å²) in [4.78, 5) is 1.36. The van der Waals surface area contributed by atoms with E-state index in [1.54, 1.807) is 0 Å². The third-order valence-corrected chi connectivity index (χ3v) is 8.22. The summed E-state index contributed by atoms with van der Waals surface area (Å²) in [6, 6.07) is 13.7. The molecule has 0 radical (unpaired) electrons. The average molecular weight is 367 g/mol. The number of benzene rings is 2. The van der Waals surface area contributed by atoms with Gasteiger partial charge in [0, 0.05) is 16.1 Å². The third kappa shape index (κ3) is 2.65. The Kier molecular flexibility index (Phi) is 4.09. The Morgan fingerprint density at radius 1 is 0.846 bits per heavy atom. The van der Waals surface area contributed by atoms with Crippen molar-refractivity contribution in [2.75, 3.05) is 5.75 Å². The quantitative estimate of drug-likeness (QED) is 0.710. The molecule has 0 fully saturated rings. The van der Waals surface area contributed by atoms with Gasteiger partial charge in [-0.15, -0.1) is 11.8 Å². The molecule has 2 aromatic carbocycles. The number of aliphatic hydroxyl groups excluding tert-OH is 1. The van der Waals surface area contributed by atoms with Crippen molar-refractivity contribution in [2.45, 2.75) is 75.2 Å². The molecule has 4 rings (SSSR count). The first kappa shape index (κ1) is 18.1. The van der Waals surface area contributed by atoms with E-state index in [-0.39, 0.29) is 22.9 Å². The Hall–Kier alpha value is -1.25. The number of hydrogen-bond acceptors (Lipinski definition) is 2. The average Bonchev–Trinajstić information content (AvgIpc) is 2.96. The Balaban J connectivity index is 1.86. The van der Waals surface area contributed by atoms with Crippen LogP contribution >= 0.6 is 11.8 Å². The summed E-state index contributed by atoms with van der Waals surface area (Å²) in [5, 5.41) is 9.59. The van der Waals surface area contributed by atoms with Gasteiger partial charge in [0.2, 0.25) is 0 Å². The molecule has 0 spiro atoms. The van der Waals surface area contributed by atoms with Gasteiger partial charge in [0.05, 0.1) is 6.61 Å². The van der Waals surface area contributed by atoms with Gasteiger partial charge in [0.15, 0.2) is 0 Å². The van der Waals surface area contributed by atoms with Crippen molar-refractivity contribution < 1.29 is 5.11 Å². The van der Waals surface area contributed by atoms with Crippen LogP contribution in [0.25, 0.3) is 0 Å². The smallest absolute Gasteiger partial charge is 0.0681 e. The van der Waals surface area contributed by atoms with Crippen molar-refractivity contribution in [1.29, 1.82) is 0 Å². The highest BCUT2D eigenvalue weighted by molar-refractivity contribution is 7.99. The fourth-order valence-corrected chi connectivity index (χ4v) is 6.07. The van der Waals surface area contributed by atoms with Gasteiger partial charge in [-0.3, -0.25) is 0 Å². The van der Waals surface area contributed by atoms with Crippen molar-refractivity contribution in [3.8, 4) is 0 Å². The molecule has 26 heavy (non-hydrogen) atoms. The predicted molar refractivity (Wildman–Crippen MR) is 111 cm³/mol. The van der Waals surface area contributed by atoms with Crippen LogP contribution < -0.4 is 0 Å². The fraction of sp³-hybridized carbons (Fsp3) is 0.500. The number of hydrogen-bond donors (Lipinski definition) is 1. The molecule has 1 aliphatic heterocycles. The first-order valence-corrected chi connectivity index (χ1v) is 10.7. The zero-order valence-corrected chi connectivity index (χ0v) is 17.5. The highest BCUT2D eigenvalue weighted by Crippen LogP contribution is 2.51. The van der Waals surface area contributed by atoms with Gasteiger partial charge in [-0.25, -0.2) is 0 Å². The lowest BCUT2D eigenvalue weighted by Gasteiger charge is -2.42. The summed E-state index contributed by atoms with van der Waals surface area (Å²) >= 11 is 1.94. The van der Waals surface area contributed by atoms with Gasteiger partial charge < -0.3 is 5.11 Å². The van der Waals surface area contributed by atoms with Gasteiger partial charge in [0.25, 0.3) is 0 Å². The Morgan fingerprint density at radius 2 is 1.54 bits per heavy atom. The molecule has 2 aromatic rings. The van der Waals surface area contributed by atoms with Crippen LogP contribution in [0.3, 0.4) is 0 Å². The van der Waals surface area contributed by atoms with Crippen LogP contribution in [0.5, 0.6) is 0 Å². The highest BCUT2D eigenvalue weighted by Gasteiger charge is 2.41. The maximum Gasteiger partial charge on any atom is 0.0681 e. The van der Waals surface area contributed by atoms with Crippen LogP contribution in [-0.2, 0) is 22.9 Å². The number of thioether (sulfide) groups is 1. The molecule has 1 aliphatic carbocycles. The predicted octanol–water partition coefficient (Wildman–Crippen LogP) is 5.94. The maximum absolute atomic E-state index is 9.59. The van der Waals surface area contributed by atoms with E-state index in [0.29, 0.717) is 0 Å². The van der Waals surface area contributed by atoms with E-state index in [0.717, 1.165) is 11.3 Å². The van der Waals surface area contributed by atoms with Crippen LogP contribution in [0.1, 0.15) is 75.3 Å². The Labute approximate surface area is 162 Å². The summed E-state index contributed by atoms with van der Waals surface area (Å²) in [6.45, 7) is 12.0. The van der Waals surface area contributed by atoms with Crippen LogP contribution in [0.2, 0.25) is 0 Å². The molecular weight excluding hydrogens is 336 g/mol. The minimum absolute atomic E-state index is 0.0118. The Bertz CT molecular complexity index is 865. The van der Waals surface area contributed by atoms with Crippen LogP contribution in [-0.4, -0.2) is 10.9 Å². The topological polar surface area (TPSA) is 20.2 Å². The van der Waals surface area contributed by atoms with Crippen LogP contribution in [0.15, 0.2) is 41.3 Å². The molecule has 0 saturated carbocycles. The molecule has 1 atom stereocenters. The maximum atomic E-state index is 9.59. The molecule has 1 N–H and O–H groups in total. The molecule has 1 nitrogen and oxygen atoms in total. The molecule has 0 amide bonds. The van der Waals surface area contributed by atoms with Gasteiger partial charge in [-0.1, -0.05) is 65.0 Å². The van der Waals surface area contributed by atoms with Crippen molar-refractivity contribution >= 4 is 11.8 Å². The van der Waals surface area contributed by atoms with Crippen molar-refractivity contribution in [1.82, 2.24) is 0 Å². The SMILES string of the molecule is CC1(C)CCC(C)(C)c2cc(C3(C)CSc4ccc(CO)cc43)ccc21. The van der Waals surface area contributed by atoms with Gasteiger partial charge in [0.1, 0.15) is 0 Å². The van der Waals surface area contributed by atoms with E-state index in [2.05, 4.69) is 71.0 Å². The molecule has 0 aromatic heterocycles. The van der Waals surface area contributed by atoms with E-state index in [1.807, 2.05) is 11.8 Å². The largest absolute Gasteiger partial charge is 0.392 e. The number of aliphatic hydroxyl groups is 1. The molecule has 1 unspecified atom stereocenters. The van der Waals surface area contributed by atoms with Gasteiger partial charge >= 0.3 is 0 Å². The summed E-state index contributed by atoms with van der Waals surface area (Å²) in [7, 11) is 0. The minimum atomic E-state index is 0.0118. The van der Waals surface area contributed by atoms with Crippen molar-refractivity contribution in [2.24, 2.45) is 0 Å². The number of rotatable bonds is 2. The molecule has 138 valence electrons. The minimum Gasteiger partial charge on any atom is -0.392 e. The normalized spacial score (nSPS) is 25.6. The van der Waals surface area contributed by atoms with Gasteiger partial charge in [-0.05, 0) is 57.6 Å². The second-order valence-electron chi connectivity index (χ2n) is 9.64. The van der Waals surface area contributed by atoms with Crippen LogP contribution in [0, 0.1) is 0 Å².